The zero-order valence-electron chi connectivity index (χ0n) is 10.8. The molecule has 1 amide bonds. The van der Waals surface area contributed by atoms with E-state index >= 15 is 0 Å². The van der Waals surface area contributed by atoms with Crippen LogP contribution in [0.25, 0.3) is 0 Å². The number of nitrogen functional groups attached to an aromatic ring is 1. The van der Waals surface area contributed by atoms with Gasteiger partial charge in [0, 0.05) is 5.02 Å². The summed E-state index contributed by atoms with van der Waals surface area (Å²) >= 11 is 13.4. The molecule has 0 aliphatic carbocycles. The molecule has 0 bridgehead atoms. The highest BCUT2D eigenvalue weighted by atomic mass is 35.5. The van der Waals surface area contributed by atoms with Gasteiger partial charge in [-0.2, -0.15) is 11.8 Å². The Labute approximate surface area is 128 Å². The summed E-state index contributed by atoms with van der Waals surface area (Å²) in [4.78, 5) is 11.8. The predicted molar refractivity (Wildman–Crippen MR) is 86.4 cm³/mol. The summed E-state index contributed by atoms with van der Waals surface area (Å²) in [6.45, 7) is 2.16. The van der Waals surface area contributed by atoms with E-state index in [0.29, 0.717) is 27.2 Å². The van der Waals surface area contributed by atoms with Crippen molar-refractivity contribution in [2.75, 3.05) is 22.6 Å². The lowest BCUT2D eigenvalue weighted by atomic mass is 10.2. The normalized spacial score (nSPS) is 10.5. The quantitative estimate of drug-likeness (QED) is 0.577. The van der Waals surface area contributed by atoms with Crippen molar-refractivity contribution in [3.8, 4) is 0 Å². The second kappa shape index (κ2) is 8.56. The van der Waals surface area contributed by atoms with Gasteiger partial charge in [-0.25, -0.2) is 0 Å². The molecule has 1 aromatic carbocycles. The zero-order valence-corrected chi connectivity index (χ0v) is 13.2. The number of anilines is 2. The summed E-state index contributed by atoms with van der Waals surface area (Å²) in [5.74, 6) is 1.30. The fourth-order valence-corrected chi connectivity index (χ4v) is 2.89. The van der Waals surface area contributed by atoms with Gasteiger partial charge in [-0.1, -0.05) is 43.0 Å². The molecule has 0 saturated heterocycles. The van der Waals surface area contributed by atoms with Gasteiger partial charge >= 0.3 is 0 Å². The molecule has 6 heteroatoms. The van der Waals surface area contributed by atoms with Crippen molar-refractivity contribution in [3.05, 3.63) is 22.2 Å². The lowest BCUT2D eigenvalue weighted by molar-refractivity contribution is -0.113. The molecule has 0 fully saturated rings. The van der Waals surface area contributed by atoms with E-state index in [1.165, 1.54) is 12.8 Å². The van der Waals surface area contributed by atoms with Gasteiger partial charge in [-0.05, 0) is 24.3 Å². The number of hydrogen-bond acceptors (Lipinski definition) is 3. The molecular weight excluding hydrogens is 303 g/mol. The second-order valence-electron chi connectivity index (χ2n) is 4.16. The van der Waals surface area contributed by atoms with Crippen molar-refractivity contribution in [2.45, 2.75) is 26.2 Å². The van der Waals surface area contributed by atoms with Gasteiger partial charge in [0.25, 0.3) is 0 Å². The fourth-order valence-electron chi connectivity index (χ4n) is 1.52. The van der Waals surface area contributed by atoms with E-state index in [2.05, 4.69) is 12.2 Å². The van der Waals surface area contributed by atoms with Gasteiger partial charge in [0.1, 0.15) is 0 Å². The number of rotatable bonds is 7. The molecule has 0 aliphatic rings. The van der Waals surface area contributed by atoms with Crippen molar-refractivity contribution in [2.24, 2.45) is 0 Å². The molecule has 1 aromatic rings. The standard InChI is InChI=1S/C13H18Cl2N2OS/c1-2-3-4-5-19-8-12(18)17-13-10(15)6-9(14)7-11(13)16/h6-7H,2-5,8,16H2,1H3,(H,17,18). The van der Waals surface area contributed by atoms with Gasteiger partial charge in [0.2, 0.25) is 5.91 Å². The number of halogens is 2. The number of thioether (sulfide) groups is 1. The molecule has 3 nitrogen and oxygen atoms in total. The summed E-state index contributed by atoms with van der Waals surface area (Å²) in [6.07, 6.45) is 3.52. The molecule has 0 heterocycles. The molecule has 106 valence electrons. The summed E-state index contributed by atoms with van der Waals surface area (Å²) in [5.41, 5.74) is 6.59. The largest absolute Gasteiger partial charge is 0.397 e. The van der Waals surface area contributed by atoms with Crippen molar-refractivity contribution < 1.29 is 4.79 Å². The molecule has 3 N–H and O–H groups in total. The smallest absolute Gasteiger partial charge is 0.234 e. The maximum atomic E-state index is 11.8. The van der Waals surface area contributed by atoms with Crippen LogP contribution in [0.15, 0.2) is 12.1 Å². The van der Waals surface area contributed by atoms with Crippen LogP contribution in [0.1, 0.15) is 26.2 Å². The van der Waals surface area contributed by atoms with Gasteiger partial charge in [0.05, 0.1) is 22.2 Å². The molecule has 0 spiro atoms. The first-order valence-corrected chi connectivity index (χ1v) is 8.07. The highest BCUT2D eigenvalue weighted by Gasteiger charge is 2.10. The number of nitrogens with one attached hydrogen (secondary N) is 1. The maximum absolute atomic E-state index is 11.8. The van der Waals surface area contributed by atoms with E-state index in [9.17, 15) is 4.79 Å². The minimum absolute atomic E-state index is 0.0996. The van der Waals surface area contributed by atoms with E-state index < -0.39 is 0 Å². The lowest BCUT2D eigenvalue weighted by Gasteiger charge is -2.10. The first-order valence-electron chi connectivity index (χ1n) is 6.16. The Morgan fingerprint density at radius 3 is 2.74 bits per heavy atom. The summed E-state index contributed by atoms with van der Waals surface area (Å²) in [7, 11) is 0. The summed E-state index contributed by atoms with van der Waals surface area (Å²) < 4.78 is 0. The number of amides is 1. The molecule has 0 aromatic heterocycles. The van der Waals surface area contributed by atoms with Crippen LogP contribution >= 0.6 is 35.0 Å². The minimum atomic E-state index is -0.0996. The predicted octanol–water partition coefficient (Wildman–Crippen LogP) is 4.44. The van der Waals surface area contributed by atoms with Crippen LogP contribution in [0, 0.1) is 0 Å². The van der Waals surface area contributed by atoms with Gasteiger partial charge < -0.3 is 11.1 Å². The van der Waals surface area contributed by atoms with Crippen molar-refractivity contribution in [1.82, 2.24) is 0 Å². The van der Waals surface area contributed by atoms with Gasteiger partial charge in [-0.3, -0.25) is 4.79 Å². The molecule has 19 heavy (non-hydrogen) atoms. The van der Waals surface area contributed by atoms with Crippen molar-refractivity contribution in [3.63, 3.8) is 0 Å². The van der Waals surface area contributed by atoms with E-state index in [-0.39, 0.29) is 5.91 Å². The Kier molecular flexibility index (Phi) is 7.42. The minimum Gasteiger partial charge on any atom is -0.397 e. The Hall–Kier alpha value is -0.580. The van der Waals surface area contributed by atoms with E-state index in [1.54, 1.807) is 23.9 Å². The number of carbonyl (C=O) groups is 1. The van der Waals surface area contributed by atoms with Crippen molar-refractivity contribution in [1.29, 1.82) is 0 Å². The molecular formula is C13H18Cl2N2OS. The SMILES string of the molecule is CCCCCSCC(=O)Nc1c(N)cc(Cl)cc1Cl. The average molecular weight is 321 g/mol. The number of carbonyl (C=O) groups excluding carboxylic acids is 1. The van der Waals surface area contributed by atoms with Crippen LogP contribution in [0.3, 0.4) is 0 Å². The van der Waals surface area contributed by atoms with Gasteiger partial charge in [0.15, 0.2) is 0 Å². The zero-order chi connectivity index (χ0) is 14.3. The van der Waals surface area contributed by atoms with Crippen LogP contribution in [0.5, 0.6) is 0 Å². The van der Waals surface area contributed by atoms with E-state index in [1.807, 2.05) is 0 Å². The fraction of sp³-hybridized carbons (Fsp3) is 0.462. The van der Waals surface area contributed by atoms with Crippen LogP contribution < -0.4 is 11.1 Å². The Morgan fingerprint density at radius 2 is 2.11 bits per heavy atom. The second-order valence-corrected chi connectivity index (χ2v) is 6.11. The Morgan fingerprint density at radius 1 is 1.37 bits per heavy atom. The average Bonchev–Trinajstić information content (AvgIpc) is 2.33. The van der Waals surface area contributed by atoms with Crippen LogP contribution in [-0.2, 0) is 4.79 Å². The highest BCUT2D eigenvalue weighted by Crippen LogP contribution is 2.32. The van der Waals surface area contributed by atoms with E-state index in [0.717, 1.165) is 12.2 Å². The number of hydrogen-bond donors (Lipinski definition) is 2. The third-order valence-electron chi connectivity index (χ3n) is 2.48. The highest BCUT2D eigenvalue weighted by molar-refractivity contribution is 7.99. The molecule has 0 unspecified atom stereocenters. The first-order chi connectivity index (χ1) is 9.04. The number of benzene rings is 1. The third kappa shape index (κ3) is 5.93. The molecule has 0 saturated carbocycles. The number of nitrogens with two attached hydrogens (primary N) is 1. The summed E-state index contributed by atoms with van der Waals surface area (Å²) in [6, 6.07) is 3.13. The van der Waals surface area contributed by atoms with E-state index in [4.69, 9.17) is 28.9 Å². The van der Waals surface area contributed by atoms with Crippen molar-refractivity contribution >= 4 is 52.2 Å². The maximum Gasteiger partial charge on any atom is 0.234 e. The molecule has 0 radical (unpaired) electrons. The Bertz CT molecular complexity index is 418. The van der Waals surface area contributed by atoms with Gasteiger partial charge in [-0.15, -0.1) is 0 Å². The molecule has 0 aliphatic heterocycles. The lowest BCUT2D eigenvalue weighted by Crippen LogP contribution is -2.16. The first kappa shape index (κ1) is 16.5. The number of unbranched alkanes of at least 4 members (excludes halogenated alkanes) is 2. The van der Waals surface area contributed by atoms with Crippen LogP contribution in [-0.4, -0.2) is 17.4 Å². The van der Waals surface area contributed by atoms with Crippen LogP contribution in [0.2, 0.25) is 10.0 Å². The van der Waals surface area contributed by atoms with Crippen LogP contribution in [0.4, 0.5) is 11.4 Å². The molecule has 1 rings (SSSR count). The third-order valence-corrected chi connectivity index (χ3v) is 4.04. The summed E-state index contributed by atoms with van der Waals surface area (Å²) in [5, 5.41) is 3.53. The topological polar surface area (TPSA) is 55.1 Å². The Balaban J connectivity index is 2.44. The monoisotopic (exact) mass is 320 g/mol. The molecule has 0 atom stereocenters.